The zero-order chi connectivity index (χ0) is 29.2. The molecule has 0 N–H and O–H groups in total. The first-order valence-corrected chi connectivity index (χ1v) is 13.8. The van der Waals surface area contributed by atoms with Crippen molar-refractivity contribution in [2.75, 3.05) is 6.79 Å². The lowest BCUT2D eigenvalue weighted by atomic mass is 9.91. The molecule has 6 nitrogen and oxygen atoms in total. The van der Waals surface area contributed by atoms with Gasteiger partial charge in [-0.15, -0.1) is 0 Å². The lowest BCUT2D eigenvalue weighted by molar-refractivity contribution is 0.103. The van der Waals surface area contributed by atoms with Gasteiger partial charge in [0.25, 0.3) is 0 Å². The highest BCUT2D eigenvalue weighted by Crippen LogP contribution is 2.47. The van der Waals surface area contributed by atoms with E-state index in [0.29, 0.717) is 11.1 Å². The van der Waals surface area contributed by atoms with Crippen molar-refractivity contribution in [3.63, 3.8) is 0 Å². The summed E-state index contributed by atoms with van der Waals surface area (Å²) in [7, 11) is 0. The zero-order valence-corrected chi connectivity index (χ0v) is 22.9. The Balaban J connectivity index is 1.27. The summed E-state index contributed by atoms with van der Waals surface area (Å²) in [5, 5.41) is 4.06. The van der Waals surface area contributed by atoms with Crippen LogP contribution in [-0.2, 0) is 0 Å². The average Bonchev–Trinajstić information content (AvgIpc) is 3.26. The molecule has 0 aliphatic carbocycles. The Morgan fingerprint density at radius 3 is 1.44 bits per heavy atom. The lowest BCUT2D eigenvalue weighted by Crippen LogP contribution is -2.03. The van der Waals surface area contributed by atoms with Gasteiger partial charge in [0, 0.05) is 47.0 Å². The molecule has 0 unspecified atom stereocenters. The number of nitrogens with zero attached hydrogens (tertiary/aromatic N) is 2. The lowest BCUT2D eigenvalue weighted by Gasteiger charge is -2.14. The van der Waals surface area contributed by atoms with Crippen LogP contribution in [0.5, 0.6) is 11.5 Å². The molecule has 1 aliphatic rings. The van der Waals surface area contributed by atoms with Gasteiger partial charge >= 0.3 is 0 Å². The normalized spacial score (nSPS) is 12.5. The van der Waals surface area contributed by atoms with Gasteiger partial charge in [-0.05, 0) is 93.4 Å². The molecule has 6 heteroatoms. The Morgan fingerprint density at radius 2 is 1.00 bits per heavy atom. The molecule has 4 aromatic carbocycles. The maximum absolute atomic E-state index is 12.6. The molecular formula is C37H24N2O4. The summed E-state index contributed by atoms with van der Waals surface area (Å²) in [5.41, 5.74) is 4.92. The van der Waals surface area contributed by atoms with Crippen molar-refractivity contribution in [2.24, 2.45) is 0 Å². The van der Waals surface area contributed by atoms with E-state index in [9.17, 15) is 9.59 Å². The molecule has 43 heavy (non-hydrogen) atoms. The topological polar surface area (TPSA) is 78.4 Å². The largest absolute Gasteiger partial charge is 0.457 e. The number of benzene rings is 4. The minimum atomic E-state index is -0.0775. The highest BCUT2D eigenvalue weighted by Gasteiger charge is 2.22. The van der Waals surface area contributed by atoms with Crippen molar-refractivity contribution in [1.29, 1.82) is 0 Å². The van der Waals surface area contributed by atoms with E-state index in [0.717, 1.165) is 55.3 Å². The second-order valence-corrected chi connectivity index (χ2v) is 10.1. The van der Waals surface area contributed by atoms with Gasteiger partial charge in [0.1, 0.15) is 11.5 Å². The first-order chi connectivity index (χ1) is 21.1. The molecule has 0 spiro atoms. The van der Waals surface area contributed by atoms with Crippen LogP contribution in [0.15, 0.2) is 122 Å². The van der Waals surface area contributed by atoms with E-state index in [1.54, 1.807) is 61.2 Å². The fourth-order valence-corrected chi connectivity index (χ4v) is 5.35. The summed E-state index contributed by atoms with van der Waals surface area (Å²) >= 11 is 0. The fourth-order valence-electron chi connectivity index (χ4n) is 5.35. The molecule has 0 fully saturated rings. The van der Waals surface area contributed by atoms with Gasteiger partial charge in [0.05, 0.1) is 0 Å². The quantitative estimate of drug-likeness (QED) is 0.152. The van der Waals surface area contributed by atoms with Gasteiger partial charge in [-0.3, -0.25) is 19.6 Å². The standard InChI is InChI=1S/C37H24N2O4/c40-32(26-13-17-38-18-14-26)9-3-24-1-7-30-28(21-24)5-11-34-36(30)37-31-8-2-25(4-10-33(41)27-15-19-39-20-16-27)22-29(31)6-12-35(37)43-23-42-34/h1-22H,23H2/b9-3+,10-4+. The molecule has 206 valence electrons. The third-order valence-electron chi connectivity index (χ3n) is 7.47. The number of pyridine rings is 2. The molecule has 2 aromatic heterocycles. The highest BCUT2D eigenvalue weighted by atomic mass is 16.7. The number of ether oxygens (including phenoxy) is 2. The fraction of sp³-hybridized carbons (Fsp3) is 0.0270. The van der Waals surface area contributed by atoms with Crippen LogP contribution in [0, 0.1) is 0 Å². The minimum absolute atomic E-state index is 0.0775. The predicted molar refractivity (Wildman–Crippen MR) is 168 cm³/mol. The molecule has 0 bridgehead atoms. The van der Waals surface area contributed by atoms with Crippen LogP contribution in [0.3, 0.4) is 0 Å². The van der Waals surface area contributed by atoms with Gasteiger partial charge in [-0.2, -0.15) is 0 Å². The predicted octanol–water partition coefficient (Wildman–Crippen LogP) is 7.97. The average molecular weight is 561 g/mol. The Hall–Kier alpha value is -5.88. The SMILES string of the molecule is O=C(/C=C/c1ccc2c3c(ccc2c1)OCOc1ccc2cc(/C=C/C(=O)c4ccncc4)ccc2c1-3)c1ccncc1. The molecule has 0 saturated heterocycles. The molecule has 6 aromatic rings. The Kier molecular flexibility index (Phi) is 6.77. The van der Waals surface area contributed by atoms with E-state index in [1.807, 2.05) is 48.6 Å². The molecule has 1 aliphatic heterocycles. The van der Waals surface area contributed by atoms with E-state index in [-0.39, 0.29) is 18.4 Å². The van der Waals surface area contributed by atoms with Crippen molar-refractivity contribution in [1.82, 2.24) is 9.97 Å². The first-order valence-electron chi connectivity index (χ1n) is 13.8. The number of fused-ring (bicyclic) bond motifs is 7. The van der Waals surface area contributed by atoms with Crippen LogP contribution >= 0.6 is 0 Å². The number of rotatable bonds is 6. The van der Waals surface area contributed by atoms with Gasteiger partial charge in [-0.25, -0.2) is 0 Å². The molecule has 0 saturated carbocycles. The Labute approximate surface area is 247 Å². The monoisotopic (exact) mass is 560 g/mol. The highest BCUT2D eigenvalue weighted by molar-refractivity contribution is 6.11. The van der Waals surface area contributed by atoms with Crippen molar-refractivity contribution in [3.8, 4) is 22.6 Å². The number of allylic oxidation sites excluding steroid dienone is 2. The Bertz CT molecular complexity index is 1930. The van der Waals surface area contributed by atoms with Gasteiger partial charge in [0.2, 0.25) is 6.79 Å². The van der Waals surface area contributed by atoms with Crippen LogP contribution in [0.2, 0.25) is 0 Å². The van der Waals surface area contributed by atoms with E-state index >= 15 is 0 Å². The van der Waals surface area contributed by atoms with E-state index in [1.165, 1.54) is 0 Å². The molecule has 0 radical (unpaired) electrons. The summed E-state index contributed by atoms with van der Waals surface area (Å²) < 4.78 is 12.1. The van der Waals surface area contributed by atoms with Crippen LogP contribution in [-0.4, -0.2) is 28.3 Å². The third-order valence-corrected chi connectivity index (χ3v) is 7.47. The molecule has 0 amide bonds. The summed E-state index contributed by atoms with van der Waals surface area (Å²) in [6, 6.07) is 27.0. The smallest absolute Gasteiger partial charge is 0.230 e. The maximum atomic E-state index is 12.6. The third kappa shape index (κ3) is 5.18. The Morgan fingerprint density at radius 1 is 0.558 bits per heavy atom. The van der Waals surface area contributed by atoms with E-state index < -0.39 is 0 Å². The summed E-state index contributed by atoms with van der Waals surface area (Å²) in [6.07, 6.45) is 13.2. The van der Waals surface area contributed by atoms with Crippen molar-refractivity contribution in [2.45, 2.75) is 0 Å². The van der Waals surface area contributed by atoms with Crippen LogP contribution in [0.4, 0.5) is 0 Å². The van der Waals surface area contributed by atoms with E-state index in [4.69, 9.17) is 9.47 Å². The number of carbonyl (C=O) groups excluding carboxylic acids is 2. The summed E-state index contributed by atoms with van der Waals surface area (Å²) in [5.74, 6) is 1.32. The first kappa shape index (κ1) is 26.0. The number of hydrogen-bond acceptors (Lipinski definition) is 6. The van der Waals surface area contributed by atoms with Crippen LogP contribution in [0.25, 0.3) is 44.8 Å². The van der Waals surface area contributed by atoms with Gasteiger partial charge in [0.15, 0.2) is 11.6 Å². The molecule has 7 rings (SSSR count). The maximum Gasteiger partial charge on any atom is 0.230 e. The number of aromatic nitrogens is 2. The molecular weight excluding hydrogens is 536 g/mol. The van der Waals surface area contributed by atoms with Crippen molar-refractivity contribution in [3.05, 3.63) is 144 Å². The number of ketones is 2. The van der Waals surface area contributed by atoms with E-state index in [2.05, 4.69) is 34.2 Å². The van der Waals surface area contributed by atoms with Gasteiger partial charge in [-0.1, -0.05) is 48.6 Å². The summed E-state index contributed by atoms with van der Waals surface area (Å²) in [4.78, 5) is 33.1. The minimum Gasteiger partial charge on any atom is -0.457 e. The summed E-state index contributed by atoms with van der Waals surface area (Å²) in [6.45, 7) is 0.104. The number of carbonyl (C=O) groups is 2. The van der Waals surface area contributed by atoms with Crippen LogP contribution < -0.4 is 9.47 Å². The second-order valence-electron chi connectivity index (χ2n) is 10.1. The molecule has 3 heterocycles. The molecule has 0 atom stereocenters. The zero-order valence-electron chi connectivity index (χ0n) is 22.9. The second kappa shape index (κ2) is 11.2. The van der Waals surface area contributed by atoms with Crippen LogP contribution in [0.1, 0.15) is 31.8 Å². The number of hydrogen-bond donors (Lipinski definition) is 0. The van der Waals surface area contributed by atoms with Crippen molar-refractivity contribution < 1.29 is 19.1 Å². The van der Waals surface area contributed by atoms with Crippen molar-refractivity contribution >= 4 is 45.3 Å². The van der Waals surface area contributed by atoms with Gasteiger partial charge < -0.3 is 9.47 Å².